The van der Waals surface area contributed by atoms with Crippen LogP contribution in [0, 0.1) is 0 Å². The zero-order valence-electron chi connectivity index (χ0n) is 9.92. The lowest BCUT2D eigenvalue weighted by Gasteiger charge is -2.10. The van der Waals surface area contributed by atoms with Crippen LogP contribution in [0.3, 0.4) is 0 Å². The summed E-state index contributed by atoms with van der Waals surface area (Å²) in [6.45, 7) is 0.443. The van der Waals surface area contributed by atoms with E-state index in [9.17, 15) is 4.79 Å². The molecule has 1 amide bonds. The van der Waals surface area contributed by atoms with Gasteiger partial charge in [-0.05, 0) is 36.5 Å². The highest BCUT2D eigenvalue weighted by Crippen LogP contribution is 1.98. The molecule has 0 atom stereocenters. The van der Waals surface area contributed by atoms with Crippen LogP contribution in [0.2, 0.25) is 0 Å². The number of carbonyl (C=O) groups is 1. The Morgan fingerprint density at radius 2 is 2.16 bits per heavy atom. The van der Waals surface area contributed by atoms with E-state index in [0.717, 1.165) is 5.76 Å². The second-order valence-electron chi connectivity index (χ2n) is 3.56. The van der Waals surface area contributed by atoms with Crippen LogP contribution >= 0.6 is 12.2 Å². The van der Waals surface area contributed by atoms with Crippen molar-refractivity contribution in [1.29, 1.82) is 0 Å². The number of hydrazine groups is 1. The fourth-order valence-corrected chi connectivity index (χ4v) is 1.42. The minimum atomic E-state index is -0.359. The first-order valence-electron chi connectivity index (χ1n) is 5.53. The molecule has 2 aromatic heterocycles. The molecule has 6 nitrogen and oxygen atoms in total. The molecular weight excluding hydrogens is 264 g/mol. The molecule has 3 N–H and O–H groups in total. The van der Waals surface area contributed by atoms with E-state index in [0.29, 0.717) is 17.4 Å². The van der Waals surface area contributed by atoms with E-state index < -0.39 is 0 Å². The molecule has 0 bridgehead atoms. The van der Waals surface area contributed by atoms with Crippen LogP contribution in [0.25, 0.3) is 0 Å². The van der Waals surface area contributed by atoms with Crippen molar-refractivity contribution < 1.29 is 9.21 Å². The lowest BCUT2D eigenvalue weighted by atomic mass is 10.3. The predicted octanol–water partition coefficient (Wildman–Crippen LogP) is 0.984. The van der Waals surface area contributed by atoms with Crippen molar-refractivity contribution in [2.45, 2.75) is 6.54 Å². The normalized spacial score (nSPS) is 9.68. The molecule has 0 unspecified atom stereocenters. The zero-order chi connectivity index (χ0) is 13.5. The van der Waals surface area contributed by atoms with Crippen molar-refractivity contribution in [1.82, 2.24) is 21.2 Å². The molecule has 0 saturated heterocycles. The van der Waals surface area contributed by atoms with Gasteiger partial charge in [0, 0.05) is 6.20 Å². The van der Waals surface area contributed by atoms with Gasteiger partial charge in [0.2, 0.25) is 0 Å². The van der Waals surface area contributed by atoms with Gasteiger partial charge in [-0.3, -0.25) is 20.6 Å². The number of nitrogens with zero attached hydrogens (tertiary/aromatic N) is 1. The Labute approximate surface area is 115 Å². The van der Waals surface area contributed by atoms with Gasteiger partial charge in [0.25, 0.3) is 5.91 Å². The average Bonchev–Trinajstić information content (AvgIpc) is 2.96. The molecule has 19 heavy (non-hydrogen) atoms. The first-order chi connectivity index (χ1) is 9.25. The molecule has 0 spiro atoms. The van der Waals surface area contributed by atoms with Crippen LogP contribution in [-0.4, -0.2) is 16.0 Å². The molecule has 0 aliphatic carbocycles. The summed E-state index contributed by atoms with van der Waals surface area (Å²) in [5, 5.41) is 3.18. The molecular formula is C12H12N4O2S. The van der Waals surface area contributed by atoms with Gasteiger partial charge in [-0.25, -0.2) is 0 Å². The Bertz CT molecular complexity index is 542. The van der Waals surface area contributed by atoms with Gasteiger partial charge >= 0.3 is 0 Å². The number of thiocarbonyl (C=S) groups is 1. The minimum absolute atomic E-state index is 0.292. The number of aromatic nitrogens is 1. The Morgan fingerprint density at radius 1 is 1.26 bits per heavy atom. The van der Waals surface area contributed by atoms with E-state index in [1.54, 1.807) is 36.7 Å². The largest absolute Gasteiger partial charge is 0.467 e. The number of furan rings is 1. The highest BCUT2D eigenvalue weighted by Gasteiger charge is 2.05. The Kier molecular flexibility index (Phi) is 4.46. The van der Waals surface area contributed by atoms with E-state index >= 15 is 0 Å². The molecule has 0 saturated carbocycles. The standard InChI is InChI=1S/C12H12N4O2S/c17-11(10-5-1-2-6-13-10)15-16-12(19)14-8-9-4-3-7-18-9/h1-7H,8H2,(H,15,17)(H2,14,16,19). The third kappa shape index (κ3) is 4.07. The molecule has 0 fully saturated rings. The summed E-state index contributed by atoms with van der Waals surface area (Å²) in [5.74, 6) is 0.392. The quantitative estimate of drug-likeness (QED) is 0.573. The van der Waals surface area contributed by atoms with E-state index in [-0.39, 0.29) is 5.91 Å². The highest BCUT2D eigenvalue weighted by atomic mass is 32.1. The van der Waals surface area contributed by atoms with Crippen molar-refractivity contribution >= 4 is 23.2 Å². The molecule has 2 rings (SSSR count). The second kappa shape index (κ2) is 6.50. The Hall–Kier alpha value is -2.41. The number of carbonyl (C=O) groups excluding carboxylic acids is 1. The highest BCUT2D eigenvalue weighted by molar-refractivity contribution is 7.80. The zero-order valence-corrected chi connectivity index (χ0v) is 10.7. The Morgan fingerprint density at radius 3 is 2.84 bits per heavy atom. The number of hydrogen-bond donors (Lipinski definition) is 3. The summed E-state index contributed by atoms with van der Waals surface area (Å²) in [4.78, 5) is 15.6. The van der Waals surface area contributed by atoms with E-state index in [1.807, 2.05) is 6.07 Å². The number of hydrogen-bond acceptors (Lipinski definition) is 4. The van der Waals surface area contributed by atoms with Crippen LogP contribution in [0.5, 0.6) is 0 Å². The summed E-state index contributed by atoms with van der Waals surface area (Å²) < 4.78 is 5.13. The molecule has 98 valence electrons. The summed E-state index contributed by atoms with van der Waals surface area (Å²) in [6.07, 6.45) is 3.12. The predicted molar refractivity (Wildman–Crippen MR) is 73.0 cm³/mol. The van der Waals surface area contributed by atoms with Gasteiger partial charge in [0.15, 0.2) is 5.11 Å². The number of amides is 1. The van der Waals surface area contributed by atoms with E-state index in [4.69, 9.17) is 16.6 Å². The maximum absolute atomic E-state index is 11.6. The van der Waals surface area contributed by atoms with Crippen molar-refractivity contribution in [2.75, 3.05) is 0 Å². The topological polar surface area (TPSA) is 79.2 Å². The van der Waals surface area contributed by atoms with Crippen molar-refractivity contribution in [2.24, 2.45) is 0 Å². The van der Waals surface area contributed by atoms with Crippen LogP contribution in [0.1, 0.15) is 16.2 Å². The van der Waals surface area contributed by atoms with Gasteiger partial charge < -0.3 is 9.73 Å². The summed E-state index contributed by atoms with van der Waals surface area (Å²) in [5.41, 5.74) is 5.33. The summed E-state index contributed by atoms with van der Waals surface area (Å²) >= 11 is 5.00. The molecule has 2 heterocycles. The molecule has 0 aromatic carbocycles. The first-order valence-corrected chi connectivity index (χ1v) is 5.94. The van der Waals surface area contributed by atoms with Crippen molar-refractivity contribution in [3.63, 3.8) is 0 Å². The third-order valence-electron chi connectivity index (χ3n) is 2.19. The van der Waals surface area contributed by atoms with Crippen LogP contribution in [-0.2, 0) is 6.54 Å². The maximum Gasteiger partial charge on any atom is 0.288 e. The fraction of sp³-hybridized carbons (Fsp3) is 0.0833. The first kappa shape index (κ1) is 13.0. The number of rotatable bonds is 3. The molecule has 7 heteroatoms. The van der Waals surface area contributed by atoms with Gasteiger partial charge in [-0.2, -0.15) is 0 Å². The average molecular weight is 276 g/mol. The fourth-order valence-electron chi connectivity index (χ4n) is 1.30. The maximum atomic E-state index is 11.6. The van der Waals surface area contributed by atoms with Gasteiger partial charge in [0.1, 0.15) is 11.5 Å². The molecule has 0 aliphatic heterocycles. The van der Waals surface area contributed by atoms with E-state index in [1.165, 1.54) is 0 Å². The minimum Gasteiger partial charge on any atom is -0.467 e. The molecule has 0 aliphatic rings. The third-order valence-corrected chi connectivity index (χ3v) is 2.44. The monoisotopic (exact) mass is 276 g/mol. The molecule has 2 aromatic rings. The molecule has 0 radical (unpaired) electrons. The lowest BCUT2D eigenvalue weighted by Crippen LogP contribution is -2.46. The Balaban J connectivity index is 1.73. The number of pyridine rings is 1. The number of nitrogens with one attached hydrogen (secondary N) is 3. The van der Waals surface area contributed by atoms with Crippen molar-refractivity contribution in [3.05, 3.63) is 54.2 Å². The summed E-state index contributed by atoms with van der Waals surface area (Å²) in [6, 6.07) is 8.68. The summed E-state index contributed by atoms with van der Waals surface area (Å²) in [7, 11) is 0. The van der Waals surface area contributed by atoms with Crippen molar-refractivity contribution in [3.8, 4) is 0 Å². The van der Waals surface area contributed by atoms with Gasteiger partial charge in [-0.1, -0.05) is 6.07 Å². The van der Waals surface area contributed by atoms with E-state index in [2.05, 4.69) is 21.2 Å². The van der Waals surface area contributed by atoms with Gasteiger partial charge in [-0.15, -0.1) is 0 Å². The SMILES string of the molecule is O=C(NNC(=S)NCc1ccco1)c1ccccn1. The van der Waals surface area contributed by atoms with Crippen LogP contribution in [0.4, 0.5) is 0 Å². The lowest BCUT2D eigenvalue weighted by molar-refractivity contribution is 0.0938. The van der Waals surface area contributed by atoms with Gasteiger partial charge in [0.05, 0.1) is 12.8 Å². The van der Waals surface area contributed by atoms with Crippen LogP contribution in [0.15, 0.2) is 47.2 Å². The van der Waals surface area contributed by atoms with Crippen LogP contribution < -0.4 is 16.2 Å². The smallest absolute Gasteiger partial charge is 0.288 e. The second-order valence-corrected chi connectivity index (χ2v) is 3.96.